The van der Waals surface area contributed by atoms with E-state index in [2.05, 4.69) is 16.2 Å². The Morgan fingerprint density at radius 3 is 2.32 bits per heavy atom. The number of carbonyl (C=O) groups is 1. The van der Waals surface area contributed by atoms with Crippen LogP contribution < -0.4 is 16.2 Å². The quantitative estimate of drug-likeness (QED) is 0.602. The minimum atomic E-state index is -0.323. The fourth-order valence-electron chi connectivity index (χ4n) is 1.76. The summed E-state index contributed by atoms with van der Waals surface area (Å²) in [4.78, 5) is 11.8. The predicted molar refractivity (Wildman–Crippen MR) is 88.8 cm³/mol. The maximum Gasteiger partial charge on any atom is 0.242 e. The average molecular weight is 317 g/mol. The van der Waals surface area contributed by atoms with Crippen molar-refractivity contribution in [1.29, 1.82) is 0 Å². The first-order chi connectivity index (χ1) is 10.5. The van der Waals surface area contributed by atoms with Crippen molar-refractivity contribution in [3.05, 3.63) is 65.5 Å². The van der Waals surface area contributed by atoms with Crippen molar-refractivity contribution in [2.45, 2.75) is 13.3 Å². The molecule has 0 saturated heterocycles. The zero-order chi connectivity index (χ0) is 15.9. The molecule has 0 aromatic heterocycles. The van der Waals surface area contributed by atoms with Gasteiger partial charge < -0.3 is 5.32 Å². The second kappa shape index (κ2) is 7.51. The Hall–Kier alpha value is -2.47. The van der Waals surface area contributed by atoms with Crippen molar-refractivity contribution in [3.63, 3.8) is 0 Å². The molecule has 114 valence electrons. The second-order valence-corrected chi connectivity index (χ2v) is 5.20. The number of halogens is 1. The Morgan fingerprint density at radius 2 is 1.68 bits per heavy atom. The van der Waals surface area contributed by atoms with Gasteiger partial charge in [0.05, 0.1) is 6.42 Å². The van der Waals surface area contributed by atoms with Gasteiger partial charge in [-0.15, -0.1) is 0 Å². The molecule has 3 N–H and O–H groups in total. The molecule has 0 aliphatic heterocycles. The molecule has 0 fully saturated rings. The summed E-state index contributed by atoms with van der Waals surface area (Å²) in [5, 5.41) is 3.06. The highest BCUT2D eigenvalue weighted by molar-refractivity contribution is 7.80. The number of carbonyl (C=O) groups excluding carboxylic acids is 1. The van der Waals surface area contributed by atoms with Crippen LogP contribution in [0.5, 0.6) is 0 Å². The summed E-state index contributed by atoms with van der Waals surface area (Å²) in [7, 11) is 0. The van der Waals surface area contributed by atoms with Crippen molar-refractivity contribution in [1.82, 2.24) is 10.9 Å². The van der Waals surface area contributed by atoms with E-state index < -0.39 is 0 Å². The largest absolute Gasteiger partial charge is 0.331 e. The molecular formula is C16H16FN3OS. The molecule has 6 heteroatoms. The van der Waals surface area contributed by atoms with Crippen LogP contribution in [0.4, 0.5) is 10.1 Å². The first kappa shape index (κ1) is 15.9. The Kier molecular flexibility index (Phi) is 5.43. The molecule has 0 bridgehead atoms. The maximum atomic E-state index is 12.8. The minimum absolute atomic E-state index is 0.202. The number of rotatable bonds is 3. The van der Waals surface area contributed by atoms with Gasteiger partial charge in [0.1, 0.15) is 5.82 Å². The van der Waals surface area contributed by atoms with Gasteiger partial charge in [0.15, 0.2) is 5.11 Å². The van der Waals surface area contributed by atoms with E-state index in [4.69, 9.17) is 12.2 Å². The average Bonchev–Trinajstić information content (AvgIpc) is 2.50. The van der Waals surface area contributed by atoms with Crippen LogP contribution in [0.25, 0.3) is 0 Å². The van der Waals surface area contributed by atoms with Gasteiger partial charge in [-0.1, -0.05) is 29.8 Å². The topological polar surface area (TPSA) is 53.2 Å². The van der Waals surface area contributed by atoms with Gasteiger partial charge in [0, 0.05) is 5.69 Å². The Morgan fingerprint density at radius 1 is 1.05 bits per heavy atom. The van der Waals surface area contributed by atoms with Crippen LogP contribution in [0.3, 0.4) is 0 Å². The summed E-state index contributed by atoms with van der Waals surface area (Å²) in [5.74, 6) is -0.525. The fourth-order valence-corrected chi connectivity index (χ4v) is 1.93. The number of hydrogen-bond donors (Lipinski definition) is 3. The molecule has 0 aliphatic rings. The Balaban J connectivity index is 1.76. The van der Waals surface area contributed by atoms with Crippen LogP contribution in [0.15, 0.2) is 48.5 Å². The van der Waals surface area contributed by atoms with E-state index in [1.807, 2.05) is 31.2 Å². The number of thiocarbonyl (C=S) groups is 1. The molecule has 2 rings (SSSR count). The molecule has 0 unspecified atom stereocenters. The molecule has 0 spiro atoms. The Bertz CT molecular complexity index is 597. The van der Waals surface area contributed by atoms with Crippen molar-refractivity contribution < 1.29 is 9.18 Å². The SMILES string of the molecule is Cc1ccc(CC(=O)NNC(=S)Nc2ccc(F)cc2)cc1. The van der Waals surface area contributed by atoms with Crippen LogP contribution in [-0.2, 0) is 11.2 Å². The zero-order valence-corrected chi connectivity index (χ0v) is 12.8. The van der Waals surface area contributed by atoms with Crippen LogP contribution in [0.1, 0.15) is 11.1 Å². The standard InChI is InChI=1S/C16H16FN3OS/c1-11-2-4-12(5-3-11)10-15(21)19-20-16(22)18-14-8-6-13(17)7-9-14/h2-9H,10H2,1H3,(H,19,21)(H2,18,20,22). The predicted octanol–water partition coefficient (Wildman–Crippen LogP) is 2.69. The smallest absolute Gasteiger partial charge is 0.242 e. The van der Waals surface area contributed by atoms with Gasteiger partial charge >= 0.3 is 0 Å². The van der Waals surface area contributed by atoms with E-state index in [0.717, 1.165) is 11.1 Å². The van der Waals surface area contributed by atoms with Gasteiger partial charge in [-0.05, 0) is 49.0 Å². The van der Waals surface area contributed by atoms with Gasteiger partial charge in [-0.2, -0.15) is 0 Å². The summed E-state index contributed by atoms with van der Waals surface area (Å²) >= 11 is 5.04. The third-order valence-electron chi connectivity index (χ3n) is 2.90. The molecule has 0 heterocycles. The molecule has 4 nitrogen and oxygen atoms in total. The van der Waals surface area contributed by atoms with Gasteiger partial charge in [-0.25, -0.2) is 4.39 Å². The van der Waals surface area contributed by atoms with E-state index in [-0.39, 0.29) is 23.3 Å². The monoisotopic (exact) mass is 317 g/mol. The lowest BCUT2D eigenvalue weighted by Crippen LogP contribution is -2.44. The summed E-state index contributed by atoms with van der Waals surface area (Å²) in [6.45, 7) is 1.99. The molecular weight excluding hydrogens is 301 g/mol. The number of amides is 1. The highest BCUT2D eigenvalue weighted by Crippen LogP contribution is 2.07. The number of benzene rings is 2. The minimum Gasteiger partial charge on any atom is -0.331 e. The molecule has 2 aromatic carbocycles. The third-order valence-corrected chi connectivity index (χ3v) is 3.11. The molecule has 0 aliphatic carbocycles. The van der Waals surface area contributed by atoms with E-state index in [0.29, 0.717) is 5.69 Å². The fraction of sp³-hybridized carbons (Fsp3) is 0.125. The van der Waals surface area contributed by atoms with Crippen molar-refractivity contribution >= 4 is 28.9 Å². The molecule has 22 heavy (non-hydrogen) atoms. The lowest BCUT2D eigenvalue weighted by Gasteiger charge is -2.11. The van der Waals surface area contributed by atoms with Gasteiger partial charge in [0.25, 0.3) is 0 Å². The molecule has 2 aromatic rings. The number of anilines is 1. The first-order valence-electron chi connectivity index (χ1n) is 6.70. The van der Waals surface area contributed by atoms with Crippen LogP contribution in [-0.4, -0.2) is 11.0 Å². The third kappa shape index (κ3) is 5.14. The summed E-state index contributed by atoms with van der Waals surface area (Å²) in [6.07, 6.45) is 0.256. The number of hydrogen-bond acceptors (Lipinski definition) is 2. The molecule has 0 radical (unpaired) electrons. The van der Waals surface area contributed by atoms with Crippen LogP contribution in [0.2, 0.25) is 0 Å². The van der Waals surface area contributed by atoms with Crippen LogP contribution in [0, 0.1) is 12.7 Å². The highest BCUT2D eigenvalue weighted by atomic mass is 32.1. The molecule has 0 atom stereocenters. The van der Waals surface area contributed by atoms with E-state index in [1.165, 1.54) is 12.1 Å². The van der Waals surface area contributed by atoms with Crippen LogP contribution >= 0.6 is 12.2 Å². The van der Waals surface area contributed by atoms with E-state index in [1.54, 1.807) is 12.1 Å². The summed E-state index contributed by atoms with van der Waals surface area (Å²) in [5.41, 5.74) is 7.81. The van der Waals surface area contributed by atoms with Crippen molar-refractivity contribution in [2.24, 2.45) is 0 Å². The van der Waals surface area contributed by atoms with Crippen molar-refractivity contribution in [3.8, 4) is 0 Å². The van der Waals surface area contributed by atoms with Gasteiger partial charge in [-0.3, -0.25) is 15.6 Å². The molecule has 1 amide bonds. The first-order valence-corrected chi connectivity index (χ1v) is 7.11. The Labute approximate surface area is 133 Å². The lowest BCUT2D eigenvalue weighted by molar-refractivity contribution is -0.120. The van der Waals surface area contributed by atoms with E-state index in [9.17, 15) is 9.18 Å². The highest BCUT2D eigenvalue weighted by Gasteiger charge is 2.04. The normalized spacial score (nSPS) is 9.91. The zero-order valence-electron chi connectivity index (χ0n) is 12.0. The molecule has 0 saturated carbocycles. The number of aryl methyl sites for hydroxylation is 1. The maximum absolute atomic E-state index is 12.8. The summed E-state index contributed by atoms with van der Waals surface area (Å²) < 4.78 is 12.8. The lowest BCUT2D eigenvalue weighted by atomic mass is 10.1. The summed E-state index contributed by atoms with van der Waals surface area (Å²) in [6, 6.07) is 13.5. The number of hydrazine groups is 1. The van der Waals surface area contributed by atoms with Crippen molar-refractivity contribution in [2.75, 3.05) is 5.32 Å². The van der Waals surface area contributed by atoms with E-state index >= 15 is 0 Å². The second-order valence-electron chi connectivity index (χ2n) is 4.80. The van der Waals surface area contributed by atoms with Gasteiger partial charge in [0.2, 0.25) is 5.91 Å². The number of nitrogens with one attached hydrogen (secondary N) is 3.